The Morgan fingerprint density at radius 2 is 2.17 bits per heavy atom. The van der Waals surface area contributed by atoms with E-state index in [4.69, 9.17) is 16.2 Å². The molecule has 2 heterocycles. The van der Waals surface area contributed by atoms with Gasteiger partial charge in [0, 0.05) is 25.9 Å². The first kappa shape index (κ1) is 14.7. The van der Waals surface area contributed by atoms with Crippen molar-refractivity contribution >= 4 is 24.1 Å². The highest BCUT2D eigenvalue weighted by atomic mass is 35.5. The molecule has 5 nitrogen and oxygen atoms in total. The van der Waals surface area contributed by atoms with Crippen molar-refractivity contribution < 1.29 is 5.11 Å². The minimum absolute atomic E-state index is 0. The van der Waals surface area contributed by atoms with Crippen molar-refractivity contribution in [1.29, 1.82) is 5.41 Å². The van der Waals surface area contributed by atoms with Crippen molar-refractivity contribution in [2.24, 2.45) is 11.7 Å². The number of halogens is 1. The molecule has 0 saturated carbocycles. The standard InChI is InChI=1S/C12H18N4O.ClH/c13-11(14)10-2-1-5-15-12(10)16-6-3-9(8-17)4-7-16;/h1-2,5,9,17H,3-4,6-8H2,(H3,13,14);1H. The van der Waals surface area contributed by atoms with Gasteiger partial charge in [0.1, 0.15) is 11.7 Å². The number of aliphatic hydroxyl groups excluding tert-OH is 1. The molecule has 0 amide bonds. The number of nitrogens with one attached hydrogen (secondary N) is 1. The lowest BCUT2D eigenvalue weighted by atomic mass is 9.97. The maximum absolute atomic E-state index is 9.10. The molecule has 1 saturated heterocycles. The van der Waals surface area contributed by atoms with Crippen LogP contribution in [0.3, 0.4) is 0 Å². The number of anilines is 1. The van der Waals surface area contributed by atoms with Gasteiger partial charge in [-0.2, -0.15) is 0 Å². The zero-order valence-electron chi connectivity index (χ0n) is 10.2. The monoisotopic (exact) mass is 270 g/mol. The van der Waals surface area contributed by atoms with Crippen LogP contribution in [0.1, 0.15) is 18.4 Å². The number of pyridine rings is 1. The minimum Gasteiger partial charge on any atom is -0.396 e. The third kappa shape index (κ3) is 3.11. The van der Waals surface area contributed by atoms with Crippen LogP contribution in [-0.2, 0) is 0 Å². The van der Waals surface area contributed by atoms with Gasteiger partial charge in [0.2, 0.25) is 0 Å². The number of aromatic nitrogens is 1. The van der Waals surface area contributed by atoms with Gasteiger partial charge in [0.05, 0.1) is 5.56 Å². The van der Waals surface area contributed by atoms with Crippen LogP contribution in [0, 0.1) is 11.3 Å². The number of nitrogen functional groups attached to an aromatic ring is 1. The van der Waals surface area contributed by atoms with Gasteiger partial charge in [-0.25, -0.2) is 4.98 Å². The van der Waals surface area contributed by atoms with Crippen LogP contribution in [0.2, 0.25) is 0 Å². The zero-order chi connectivity index (χ0) is 12.3. The lowest BCUT2D eigenvalue weighted by Gasteiger charge is -2.32. The summed E-state index contributed by atoms with van der Waals surface area (Å²) in [7, 11) is 0. The largest absolute Gasteiger partial charge is 0.396 e. The van der Waals surface area contributed by atoms with Gasteiger partial charge in [0.15, 0.2) is 0 Å². The van der Waals surface area contributed by atoms with E-state index in [2.05, 4.69) is 9.88 Å². The Labute approximate surface area is 113 Å². The van der Waals surface area contributed by atoms with E-state index in [1.54, 1.807) is 12.3 Å². The van der Waals surface area contributed by atoms with Gasteiger partial charge < -0.3 is 15.7 Å². The molecule has 0 aliphatic carbocycles. The maximum atomic E-state index is 9.10. The van der Waals surface area contributed by atoms with Crippen LogP contribution in [0.5, 0.6) is 0 Å². The summed E-state index contributed by atoms with van der Waals surface area (Å²) in [5.74, 6) is 1.24. The van der Waals surface area contributed by atoms with Gasteiger partial charge in [-0.1, -0.05) is 0 Å². The molecule has 1 aromatic rings. The molecule has 18 heavy (non-hydrogen) atoms. The number of nitrogens with two attached hydrogens (primary N) is 1. The van der Waals surface area contributed by atoms with Gasteiger partial charge >= 0.3 is 0 Å². The van der Waals surface area contributed by atoms with Crippen molar-refractivity contribution in [2.75, 3.05) is 24.6 Å². The van der Waals surface area contributed by atoms with Crippen LogP contribution in [0.4, 0.5) is 5.82 Å². The van der Waals surface area contributed by atoms with E-state index < -0.39 is 0 Å². The van der Waals surface area contributed by atoms with Crippen LogP contribution in [0.15, 0.2) is 18.3 Å². The molecule has 100 valence electrons. The molecule has 2 rings (SSSR count). The smallest absolute Gasteiger partial charge is 0.139 e. The number of hydrogen-bond donors (Lipinski definition) is 3. The Morgan fingerprint density at radius 3 is 2.72 bits per heavy atom. The van der Waals surface area contributed by atoms with E-state index in [0.29, 0.717) is 11.5 Å². The average molecular weight is 271 g/mol. The first-order valence-electron chi connectivity index (χ1n) is 5.87. The Bertz CT molecular complexity index is 405. The molecule has 0 spiro atoms. The predicted octanol–water partition coefficient (Wildman–Crippen LogP) is 0.996. The highest BCUT2D eigenvalue weighted by molar-refractivity contribution is 5.99. The van der Waals surface area contributed by atoms with Crippen LogP contribution < -0.4 is 10.6 Å². The van der Waals surface area contributed by atoms with Gasteiger partial charge in [0.25, 0.3) is 0 Å². The SMILES string of the molecule is Cl.N=C(N)c1cccnc1N1CCC(CO)CC1. The van der Waals surface area contributed by atoms with Crippen molar-refractivity contribution in [3.63, 3.8) is 0 Å². The lowest BCUT2D eigenvalue weighted by Crippen LogP contribution is -2.36. The second kappa shape index (κ2) is 6.56. The van der Waals surface area contributed by atoms with Gasteiger partial charge in [-0.15, -0.1) is 12.4 Å². The fraction of sp³-hybridized carbons (Fsp3) is 0.500. The zero-order valence-corrected chi connectivity index (χ0v) is 11.0. The summed E-state index contributed by atoms with van der Waals surface area (Å²) in [5, 5.41) is 16.6. The van der Waals surface area contributed by atoms with E-state index in [1.165, 1.54) is 0 Å². The molecule has 0 radical (unpaired) electrons. The number of rotatable bonds is 3. The highest BCUT2D eigenvalue weighted by Crippen LogP contribution is 2.23. The van der Waals surface area contributed by atoms with E-state index in [-0.39, 0.29) is 24.8 Å². The molecule has 6 heteroatoms. The quantitative estimate of drug-likeness (QED) is 0.565. The normalized spacial score (nSPS) is 16.2. The highest BCUT2D eigenvalue weighted by Gasteiger charge is 2.21. The fourth-order valence-electron chi connectivity index (χ4n) is 2.19. The van der Waals surface area contributed by atoms with Crippen LogP contribution in [-0.4, -0.2) is 35.6 Å². The summed E-state index contributed by atoms with van der Waals surface area (Å²) in [5.41, 5.74) is 6.24. The molecule has 0 bridgehead atoms. The summed E-state index contributed by atoms with van der Waals surface area (Å²) in [6.07, 6.45) is 3.65. The molecule has 1 fully saturated rings. The Kier molecular flexibility index (Phi) is 5.37. The van der Waals surface area contributed by atoms with E-state index >= 15 is 0 Å². The summed E-state index contributed by atoms with van der Waals surface area (Å²) >= 11 is 0. The maximum Gasteiger partial charge on any atom is 0.139 e. The summed E-state index contributed by atoms with van der Waals surface area (Å²) in [6, 6.07) is 3.61. The molecule has 0 aromatic carbocycles. The molecular weight excluding hydrogens is 252 g/mol. The fourth-order valence-corrected chi connectivity index (χ4v) is 2.19. The van der Waals surface area contributed by atoms with Crippen LogP contribution in [0.25, 0.3) is 0 Å². The molecule has 1 aliphatic rings. The summed E-state index contributed by atoms with van der Waals surface area (Å²) in [6.45, 7) is 1.99. The van der Waals surface area contributed by atoms with Gasteiger partial charge in [-0.05, 0) is 30.9 Å². The molecular formula is C12H19ClN4O. The number of aliphatic hydroxyl groups is 1. The van der Waals surface area contributed by atoms with E-state index in [1.807, 2.05) is 6.07 Å². The van der Waals surface area contributed by atoms with Crippen molar-refractivity contribution in [2.45, 2.75) is 12.8 Å². The second-order valence-corrected chi connectivity index (χ2v) is 4.40. The minimum atomic E-state index is 0. The van der Waals surface area contributed by atoms with Crippen molar-refractivity contribution in [3.8, 4) is 0 Å². The topological polar surface area (TPSA) is 86.2 Å². The number of amidine groups is 1. The van der Waals surface area contributed by atoms with Gasteiger partial charge in [-0.3, -0.25) is 5.41 Å². The molecule has 4 N–H and O–H groups in total. The number of hydrogen-bond acceptors (Lipinski definition) is 4. The molecule has 1 aromatic heterocycles. The Balaban J connectivity index is 0.00000162. The number of piperidine rings is 1. The van der Waals surface area contributed by atoms with Crippen molar-refractivity contribution in [1.82, 2.24) is 4.98 Å². The summed E-state index contributed by atoms with van der Waals surface area (Å²) in [4.78, 5) is 6.46. The molecule has 0 unspecified atom stereocenters. The average Bonchev–Trinajstić information content (AvgIpc) is 2.39. The molecule has 0 atom stereocenters. The third-order valence-electron chi connectivity index (χ3n) is 3.25. The Hall–Kier alpha value is -1.33. The van der Waals surface area contributed by atoms with E-state index in [0.717, 1.165) is 31.7 Å². The molecule has 1 aliphatic heterocycles. The van der Waals surface area contributed by atoms with Crippen molar-refractivity contribution in [3.05, 3.63) is 23.9 Å². The first-order valence-corrected chi connectivity index (χ1v) is 5.87. The van der Waals surface area contributed by atoms with Crippen LogP contribution >= 0.6 is 12.4 Å². The lowest BCUT2D eigenvalue weighted by molar-refractivity contribution is 0.203. The van der Waals surface area contributed by atoms with E-state index in [9.17, 15) is 0 Å². The third-order valence-corrected chi connectivity index (χ3v) is 3.25. The second-order valence-electron chi connectivity index (χ2n) is 4.40. The Morgan fingerprint density at radius 1 is 1.50 bits per heavy atom. The first-order chi connectivity index (χ1) is 8.22. The predicted molar refractivity (Wildman–Crippen MR) is 74.5 cm³/mol. The number of nitrogens with zero attached hydrogens (tertiary/aromatic N) is 2. The summed E-state index contributed by atoms with van der Waals surface area (Å²) < 4.78 is 0.